The Morgan fingerprint density at radius 3 is 2.28 bits per heavy atom. The third kappa shape index (κ3) is 6.61. The van der Waals surface area contributed by atoms with Crippen LogP contribution in [-0.4, -0.2) is 38.3 Å². The molecule has 0 aliphatic rings. The zero-order valence-electron chi connectivity index (χ0n) is 17.7. The SMILES string of the molecule is CCCC(=O)Nc1cc(Oc2ccc(Cl)cc2)ccc1N(C(=N)NC(=O)OC)C(=O)OC. The third-order valence-electron chi connectivity index (χ3n) is 4.00. The molecule has 170 valence electrons. The van der Waals surface area contributed by atoms with E-state index >= 15 is 0 Å². The Morgan fingerprint density at radius 2 is 1.69 bits per heavy atom. The Labute approximate surface area is 189 Å². The minimum Gasteiger partial charge on any atom is -0.457 e. The lowest BCUT2D eigenvalue weighted by atomic mass is 10.2. The number of hydrogen-bond acceptors (Lipinski definition) is 7. The lowest BCUT2D eigenvalue weighted by Crippen LogP contribution is -2.47. The van der Waals surface area contributed by atoms with E-state index in [-0.39, 0.29) is 23.7 Å². The lowest BCUT2D eigenvalue weighted by Gasteiger charge is -2.24. The van der Waals surface area contributed by atoms with Crippen LogP contribution in [0.1, 0.15) is 19.8 Å². The van der Waals surface area contributed by atoms with Crippen molar-refractivity contribution in [2.24, 2.45) is 0 Å². The third-order valence-corrected chi connectivity index (χ3v) is 4.25. The molecule has 0 aromatic heterocycles. The number of rotatable bonds is 6. The molecule has 0 unspecified atom stereocenters. The fourth-order valence-electron chi connectivity index (χ4n) is 2.56. The zero-order valence-corrected chi connectivity index (χ0v) is 18.5. The smallest absolute Gasteiger partial charge is 0.421 e. The van der Waals surface area contributed by atoms with Gasteiger partial charge in [-0.25, -0.2) is 14.5 Å². The van der Waals surface area contributed by atoms with Gasteiger partial charge in [-0.2, -0.15) is 0 Å². The van der Waals surface area contributed by atoms with Crippen molar-refractivity contribution in [3.63, 3.8) is 0 Å². The Kier molecular flexibility index (Phi) is 8.84. The van der Waals surface area contributed by atoms with Crippen molar-refractivity contribution in [2.75, 3.05) is 24.4 Å². The van der Waals surface area contributed by atoms with Crippen molar-refractivity contribution in [3.8, 4) is 11.5 Å². The van der Waals surface area contributed by atoms with Crippen LogP contribution in [0.4, 0.5) is 21.0 Å². The van der Waals surface area contributed by atoms with Crippen LogP contribution < -0.4 is 20.3 Å². The highest BCUT2D eigenvalue weighted by atomic mass is 35.5. The molecule has 0 heterocycles. The number of halogens is 1. The molecule has 0 aliphatic carbocycles. The van der Waals surface area contributed by atoms with E-state index in [1.807, 2.05) is 6.92 Å². The highest BCUT2D eigenvalue weighted by Crippen LogP contribution is 2.33. The fourth-order valence-corrected chi connectivity index (χ4v) is 2.68. The van der Waals surface area contributed by atoms with Crippen molar-refractivity contribution in [2.45, 2.75) is 19.8 Å². The summed E-state index contributed by atoms with van der Waals surface area (Å²) in [4.78, 5) is 37.0. The van der Waals surface area contributed by atoms with Gasteiger partial charge in [0.15, 0.2) is 0 Å². The maximum atomic E-state index is 12.4. The van der Waals surface area contributed by atoms with Gasteiger partial charge in [-0.1, -0.05) is 18.5 Å². The van der Waals surface area contributed by atoms with Crippen LogP contribution in [0, 0.1) is 5.41 Å². The quantitative estimate of drug-likeness (QED) is 0.420. The van der Waals surface area contributed by atoms with Crippen molar-refractivity contribution in [3.05, 3.63) is 47.5 Å². The van der Waals surface area contributed by atoms with E-state index in [0.29, 0.717) is 22.9 Å². The second kappa shape index (κ2) is 11.6. The Morgan fingerprint density at radius 1 is 1.03 bits per heavy atom. The molecule has 0 atom stereocenters. The van der Waals surface area contributed by atoms with Gasteiger partial charge < -0.3 is 19.5 Å². The van der Waals surface area contributed by atoms with E-state index in [4.69, 9.17) is 26.5 Å². The Bertz CT molecular complexity index is 996. The van der Waals surface area contributed by atoms with E-state index in [9.17, 15) is 14.4 Å². The molecule has 0 fully saturated rings. The molecule has 0 saturated carbocycles. The summed E-state index contributed by atoms with van der Waals surface area (Å²) in [5.74, 6) is -0.103. The molecule has 32 heavy (non-hydrogen) atoms. The molecule has 2 aromatic carbocycles. The second-order valence-corrected chi connectivity index (χ2v) is 6.74. The highest BCUT2D eigenvalue weighted by molar-refractivity contribution is 6.30. The molecule has 11 heteroatoms. The average Bonchev–Trinajstić information content (AvgIpc) is 2.76. The number of methoxy groups -OCH3 is 2. The maximum Gasteiger partial charge on any atom is 0.421 e. The topological polar surface area (TPSA) is 130 Å². The number of benzene rings is 2. The Balaban J connectivity index is 2.47. The molecule has 0 spiro atoms. The molecule has 10 nitrogen and oxygen atoms in total. The van der Waals surface area contributed by atoms with Gasteiger partial charge >= 0.3 is 12.2 Å². The maximum absolute atomic E-state index is 12.4. The molecule has 0 aliphatic heterocycles. The summed E-state index contributed by atoms with van der Waals surface area (Å²) in [5, 5.41) is 13.5. The van der Waals surface area contributed by atoms with Gasteiger partial charge in [0.1, 0.15) is 11.5 Å². The molecule has 0 saturated heterocycles. The minimum absolute atomic E-state index is 0.0752. The van der Waals surface area contributed by atoms with Crippen LogP contribution in [0.2, 0.25) is 5.02 Å². The van der Waals surface area contributed by atoms with E-state index in [2.05, 4.69) is 15.4 Å². The zero-order chi connectivity index (χ0) is 23.7. The predicted molar refractivity (Wildman–Crippen MR) is 120 cm³/mol. The van der Waals surface area contributed by atoms with E-state index < -0.39 is 18.1 Å². The summed E-state index contributed by atoms with van der Waals surface area (Å²) in [7, 11) is 2.23. The number of alkyl carbamates (subject to hydrolysis) is 1. The van der Waals surface area contributed by atoms with E-state index in [1.54, 1.807) is 24.3 Å². The molecule has 3 N–H and O–H groups in total. The second-order valence-electron chi connectivity index (χ2n) is 6.30. The number of nitrogens with one attached hydrogen (secondary N) is 3. The summed E-state index contributed by atoms with van der Waals surface area (Å²) in [6, 6.07) is 11.1. The first-order chi connectivity index (χ1) is 15.3. The first-order valence-electron chi connectivity index (χ1n) is 9.48. The highest BCUT2D eigenvalue weighted by Gasteiger charge is 2.27. The molecule has 2 aromatic rings. The number of anilines is 2. The molecular weight excluding hydrogens is 440 g/mol. The predicted octanol–water partition coefficient (Wildman–Crippen LogP) is 4.73. The number of carbonyl (C=O) groups is 3. The summed E-state index contributed by atoms with van der Waals surface area (Å²) in [6.45, 7) is 1.84. The summed E-state index contributed by atoms with van der Waals surface area (Å²) in [6.07, 6.45) is -1.09. The van der Waals surface area contributed by atoms with Crippen LogP contribution in [0.5, 0.6) is 11.5 Å². The normalized spacial score (nSPS) is 10.0. The van der Waals surface area contributed by atoms with Crippen molar-refractivity contribution < 1.29 is 28.6 Å². The van der Waals surface area contributed by atoms with Crippen LogP contribution in [0.25, 0.3) is 0 Å². The van der Waals surface area contributed by atoms with Crippen LogP contribution in [0.15, 0.2) is 42.5 Å². The number of amides is 3. The van der Waals surface area contributed by atoms with E-state index in [1.165, 1.54) is 18.2 Å². The van der Waals surface area contributed by atoms with Crippen molar-refractivity contribution >= 4 is 47.0 Å². The van der Waals surface area contributed by atoms with Gasteiger partial charge in [-0.3, -0.25) is 15.5 Å². The van der Waals surface area contributed by atoms with Gasteiger partial charge in [0.2, 0.25) is 11.9 Å². The molecular formula is C21H23ClN4O6. The van der Waals surface area contributed by atoms with Crippen molar-refractivity contribution in [1.29, 1.82) is 5.41 Å². The summed E-state index contributed by atoms with van der Waals surface area (Å²) < 4.78 is 15.0. The van der Waals surface area contributed by atoms with Crippen LogP contribution in [-0.2, 0) is 14.3 Å². The number of hydrogen-bond donors (Lipinski definition) is 3. The first-order valence-corrected chi connectivity index (χ1v) is 9.85. The Hall–Kier alpha value is -3.79. The van der Waals surface area contributed by atoms with Crippen molar-refractivity contribution in [1.82, 2.24) is 5.32 Å². The number of nitrogens with zero attached hydrogens (tertiary/aromatic N) is 1. The number of carbonyl (C=O) groups excluding carboxylic acids is 3. The molecule has 0 radical (unpaired) electrons. The van der Waals surface area contributed by atoms with Gasteiger partial charge in [0.05, 0.1) is 25.6 Å². The standard InChI is InChI=1S/C21H23ClN4O6/c1-4-5-18(27)24-16-12-15(32-14-8-6-13(22)7-9-14)10-11-17(16)26(21(29)31-3)19(23)25-20(28)30-2/h6-12H,4-5H2,1-3H3,(H,24,27)(H2,23,25,28). The lowest BCUT2D eigenvalue weighted by molar-refractivity contribution is -0.116. The van der Waals surface area contributed by atoms with Gasteiger partial charge in [-0.05, 0) is 42.8 Å². The molecule has 3 amide bonds. The van der Waals surface area contributed by atoms with Gasteiger partial charge in [0.25, 0.3) is 0 Å². The first kappa shape index (κ1) is 24.5. The molecule has 2 rings (SSSR count). The van der Waals surface area contributed by atoms with E-state index in [0.717, 1.165) is 19.1 Å². The molecule has 0 bridgehead atoms. The van der Waals surface area contributed by atoms with Gasteiger partial charge in [-0.15, -0.1) is 0 Å². The summed E-state index contributed by atoms with van der Waals surface area (Å²) in [5.41, 5.74) is 0.239. The van der Waals surface area contributed by atoms with Crippen LogP contribution in [0.3, 0.4) is 0 Å². The summed E-state index contributed by atoms with van der Waals surface area (Å²) >= 11 is 5.89. The number of ether oxygens (including phenoxy) is 3. The minimum atomic E-state index is -0.969. The largest absolute Gasteiger partial charge is 0.457 e. The number of guanidine groups is 1. The van der Waals surface area contributed by atoms with Crippen LogP contribution >= 0.6 is 11.6 Å². The fraction of sp³-hybridized carbons (Fsp3) is 0.238. The average molecular weight is 463 g/mol. The monoisotopic (exact) mass is 462 g/mol. The van der Waals surface area contributed by atoms with Gasteiger partial charge in [0, 0.05) is 17.5 Å².